The molecule has 0 aliphatic heterocycles. The van der Waals surface area contributed by atoms with Gasteiger partial charge in [-0.25, -0.2) is 18.7 Å². The summed E-state index contributed by atoms with van der Waals surface area (Å²) in [6.07, 6.45) is 0. The predicted octanol–water partition coefficient (Wildman–Crippen LogP) is 1.31. The van der Waals surface area contributed by atoms with Crippen LogP contribution in [0, 0.1) is 12.7 Å². The van der Waals surface area contributed by atoms with E-state index in [9.17, 15) is 17.6 Å². The van der Waals surface area contributed by atoms with Crippen LogP contribution in [0.5, 0.6) is 0 Å². The second-order valence-corrected chi connectivity index (χ2v) is 7.22. The van der Waals surface area contributed by atoms with Gasteiger partial charge in [0.2, 0.25) is 15.9 Å². The average Bonchev–Trinajstić information content (AvgIpc) is 2.56. The van der Waals surface area contributed by atoms with Crippen molar-refractivity contribution in [3.05, 3.63) is 65.5 Å². The van der Waals surface area contributed by atoms with Crippen LogP contribution in [0.3, 0.4) is 0 Å². The number of hydrogen-bond acceptors (Lipinski definition) is 4. The quantitative estimate of drug-likeness (QED) is 0.466. The van der Waals surface area contributed by atoms with Gasteiger partial charge >= 0.3 is 0 Å². The molecule has 0 fully saturated rings. The number of sulfonamides is 1. The van der Waals surface area contributed by atoms with Gasteiger partial charge in [-0.15, -0.1) is 0 Å². The number of nitrogens with zero attached hydrogens (tertiary/aromatic N) is 1. The predicted molar refractivity (Wildman–Crippen MR) is 87.5 cm³/mol. The smallest absolute Gasteiger partial charge is 0.249 e. The van der Waals surface area contributed by atoms with E-state index in [0.717, 1.165) is 9.87 Å². The molecule has 0 aromatic heterocycles. The standard InChI is InChI=1S/C16H18FN3O3S/c1-12-2-8-15(9-3-12)24(22,23)20(11-16(21)19-18)10-13-4-6-14(17)7-5-13/h2-9H,10-11,18H2,1H3,(H,19,21). The Morgan fingerprint density at radius 1 is 1.12 bits per heavy atom. The van der Waals surface area contributed by atoms with E-state index >= 15 is 0 Å². The lowest BCUT2D eigenvalue weighted by Crippen LogP contribution is -2.42. The molecular weight excluding hydrogens is 333 g/mol. The lowest BCUT2D eigenvalue weighted by atomic mass is 10.2. The number of hydrogen-bond donors (Lipinski definition) is 2. The molecule has 0 atom stereocenters. The zero-order valence-corrected chi connectivity index (χ0v) is 13.9. The van der Waals surface area contributed by atoms with Crippen molar-refractivity contribution in [1.82, 2.24) is 9.73 Å². The highest BCUT2D eigenvalue weighted by Gasteiger charge is 2.26. The SMILES string of the molecule is Cc1ccc(S(=O)(=O)N(CC(=O)NN)Cc2ccc(F)cc2)cc1. The molecule has 0 aliphatic rings. The van der Waals surface area contributed by atoms with Crippen molar-refractivity contribution >= 4 is 15.9 Å². The molecule has 0 spiro atoms. The Morgan fingerprint density at radius 2 is 1.71 bits per heavy atom. The largest absolute Gasteiger partial charge is 0.293 e. The van der Waals surface area contributed by atoms with Crippen LogP contribution in [0.1, 0.15) is 11.1 Å². The first-order valence-electron chi connectivity index (χ1n) is 7.13. The summed E-state index contributed by atoms with van der Waals surface area (Å²) in [6.45, 7) is 1.32. The molecule has 0 saturated carbocycles. The van der Waals surface area contributed by atoms with Crippen molar-refractivity contribution in [2.75, 3.05) is 6.54 Å². The lowest BCUT2D eigenvalue weighted by Gasteiger charge is -2.21. The topological polar surface area (TPSA) is 92.5 Å². The molecular formula is C16H18FN3O3S. The number of nitrogens with one attached hydrogen (secondary N) is 1. The summed E-state index contributed by atoms with van der Waals surface area (Å²) >= 11 is 0. The van der Waals surface area contributed by atoms with E-state index in [1.54, 1.807) is 12.1 Å². The number of aryl methyl sites for hydroxylation is 1. The van der Waals surface area contributed by atoms with Crippen molar-refractivity contribution in [2.24, 2.45) is 5.84 Å². The van der Waals surface area contributed by atoms with Gasteiger partial charge in [0.15, 0.2) is 0 Å². The van der Waals surface area contributed by atoms with Gasteiger partial charge in [0.25, 0.3) is 0 Å². The highest BCUT2D eigenvalue weighted by molar-refractivity contribution is 7.89. The van der Waals surface area contributed by atoms with Crippen LogP contribution in [0.25, 0.3) is 0 Å². The third kappa shape index (κ3) is 4.38. The van der Waals surface area contributed by atoms with E-state index in [-0.39, 0.29) is 11.4 Å². The van der Waals surface area contributed by atoms with Crippen LogP contribution in [-0.4, -0.2) is 25.2 Å². The summed E-state index contributed by atoms with van der Waals surface area (Å²) in [5, 5.41) is 0. The van der Waals surface area contributed by atoms with Gasteiger partial charge in [0.1, 0.15) is 5.82 Å². The fourth-order valence-corrected chi connectivity index (χ4v) is 3.47. The van der Waals surface area contributed by atoms with Crippen LogP contribution in [-0.2, 0) is 21.4 Å². The van der Waals surface area contributed by atoms with Crippen molar-refractivity contribution in [3.8, 4) is 0 Å². The molecule has 3 N–H and O–H groups in total. The zero-order chi connectivity index (χ0) is 17.7. The fraction of sp³-hybridized carbons (Fsp3) is 0.188. The van der Waals surface area contributed by atoms with Crippen LogP contribution < -0.4 is 11.3 Å². The summed E-state index contributed by atoms with van der Waals surface area (Å²) in [5.74, 6) is 3.99. The molecule has 8 heteroatoms. The van der Waals surface area contributed by atoms with Gasteiger partial charge in [-0.05, 0) is 36.8 Å². The molecule has 1 amide bonds. The number of carbonyl (C=O) groups is 1. The number of rotatable bonds is 6. The Labute approximate surface area is 140 Å². The van der Waals surface area contributed by atoms with E-state index in [2.05, 4.69) is 0 Å². The summed E-state index contributed by atoms with van der Waals surface area (Å²) in [6, 6.07) is 11.7. The molecule has 0 heterocycles. The molecule has 0 unspecified atom stereocenters. The molecule has 6 nitrogen and oxygen atoms in total. The third-order valence-electron chi connectivity index (χ3n) is 3.41. The van der Waals surface area contributed by atoms with E-state index < -0.39 is 28.3 Å². The van der Waals surface area contributed by atoms with Crippen molar-refractivity contribution < 1.29 is 17.6 Å². The second-order valence-electron chi connectivity index (χ2n) is 5.28. The minimum atomic E-state index is -3.91. The normalized spacial score (nSPS) is 11.5. The Hall–Kier alpha value is -2.29. The molecule has 0 bridgehead atoms. The molecule has 0 radical (unpaired) electrons. The number of hydrazine groups is 1. The molecule has 24 heavy (non-hydrogen) atoms. The number of amides is 1. The molecule has 0 saturated heterocycles. The number of carbonyl (C=O) groups excluding carboxylic acids is 1. The van der Waals surface area contributed by atoms with Crippen molar-refractivity contribution in [3.63, 3.8) is 0 Å². The third-order valence-corrected chi connectivity index (χ3v) is 5.22. The fourth-order valence-electron chi connectivity index (χ4n) is 2.08. The van der Waals surface area contributed by atoms with E-state index in [4.69, 9.17) is 5.84 Å². The molecule has 128 valence electrons. The first-order valence-corrected chi connectivity index (χ1v) is 8.57. The van der Waals surface area contributed by atoms with E-state index in [0.29, 0.717) is 5.56 Å². The van der Waals surface area contributed by atoms with Gasteiger partial charge in [0, 0.05) is 6.54 Å². The Bertz CT molecular complexity index is 805. The highest BCUT2D eigenvalue weighted by atomic mass is 32.2. The van der Waals surface area contributed by atoms with Gasteiger partial charge in [0.05, 0.1) is 11.4 Å². The van der Waals surface area contributed by atoms with Gasteiger partial charge in [-0.1, -0.05) is 29.8 Å². The highest BCUT2D eigenvalue weighted by Crippen LogP contribution is 2.19. The monoisotopic (exact) mass is 351 g/mol. The zero-order valence-electron chi connectivity index (χ0n) is 13.1. The lowest BCUT2D eigenvalue weighted by molar-refractivity contribution is -0.121. The Kier molecular flexibility index (Phi) is 5.66. The number of nitrogens with two attached hydrogens (primary N) is 1. The summed E-state index contributed by atoms with van der Waals surface area (Å²) in [4.78, 5) is 11.7. The van der Waals surface area contributed by atoms with E-state index in [1.807, 2.05) is 12.3 Å². The van der Waals surface area contributed by atoms with Crippen LogP contribution in [0.15, 0.2) is 53.4 Å². The molecule has 0 aliphatic carbocycles. The number of benzene rings is 2. The number of halogens is 1. The van der Waals surface area contributed by atoms with E-state index in [1.165, 1.54) is 36.4 Å². The first-order chi connectivity index (χ1) is 11.3. The minimum Gasteiger partial charge on any atom is -0.293 e. The molecule has 2 rings (SSSR count). The van der Waals surface area contributed by atoms with Gasteiger partial charge in [-0.3, -0.25) is 10.2 Å². The van der Waals surface area contributed by atoms with Crippen LogP contribution >= 0.6 is 0 Å². The summed E-state index contributed by atoms with van der Waals surface area (Å²) in [7, 11) is -3.91. The minimum absolute atomic E-state index is 0.0695. The van der Waals surface area contributed by atoms with Crippen molar-refractivity contribution in [2.45, 2.75) is 18.4 Å². The maximum atomic E-state index is 13.0. The maximum Gasteiger partial charge on any atom is 0.249 e. The first kappa shape index (κ1) is 18.1. The van der Waals surface area contributed by atoms with Gasteiger partial charge < -0.3 is 0 Å². The van der Waals surface area contributed by atoms with Crippen LogP contribution in [0.2, 0.25) is 0 Å². The van der Waals surface area contributed by atoms with Crippen LogP contribution in [0.4, 0.5) is 4.39 Å². The summed E-state index contributed by atoms with van der Waals surface area (Å²) < 4.78 is 39.6. The Morgan fingerprint density at radius 3 is 2.25 bits per heavy atom. The van der Waals surface area contributed by atoms with Crippen molar-refractivity contribution in [1.29, 1.82) is 0 Å². The Balaban J connectivity index is 2.35. The maximum absolute atomic E-state index is 13.0. The van der Waals surface area contributed by atoms with Gasteiger partial charge in [-0.2, -0.15) is 4.31 Å². The average molecular weight is 351 g/mol. The molecule has 2 aromatic carbocycles. The molecule has 2 aromatic rings. The second kappa shape index (κ2) is 7.52. The summed E-state index contributed by atoms with van der Waals surface area (Å²) in [5.41, 5.74) is 3.39.